The van der Waals surface area contributed by atoms with Crippen molar-refractivity contribution < 1.29 is 18.3 Å². The van der Waals surface area contributed by atoms with Crippen LogP contribution in [-0.4, -0.2) is 12.5 Å². The summed E-state index contributed by atoms with van der Waals surface area (Å²) in [6.07, 6.45) is 0. The van der Waals surface area contributed by atoms with Crippen LogP contribution in [-0.2, 0) is 10.7 Å². The molecule has 0 aromatic heterocycles. The Labute approximate surface area is 85.0 Å². The van der Waals surface area contributed by atoms with Gasteiger partial charge in [-0.15, -0.1) is 0 Å². The van der Waals surface area contributed by atoms with Gasteiger partial charge in [0.25, 0.3) is 11.8 Å². The van der Waals surface area contributed by atoms with Crippen LogP contribution in [0.3, 0.4) is 0 Å². The molecule has 0 fully saturated rings. The number of carbonyl (C=O) groups is 1. The lowest BCUT2D eigenvalue weighted by Gasteiger charge is -2.20. The Morgan fingerprint density at radius 1 is 1.47 bits per heavy atom. The van der Waals surface area contributed by atoms with Crippen LogP contribution < -0.4 is 10.1 Å². The molecule has 1 aromatic rings. The van der Waals surface area contributed by atoms with Crippen LogP contribution in [0.15, 0.2) is 18.2 Å². The van der Waals surface area contributed by atoms with Gasteiger partial charge in [-0.05, 0) is 18.2 Å². The molecule has 0 radical (unpaired) electrons. The fourth-order valence-corrected chi connectivity index (χ4v) is 1.36. The Hall–Kier alpha value is -1.65. The standard InChI is InChI=1S/C10H9F2NO2/c1-10(11,12)6-2-3-8-7(4-6)13-9(14)5-15-8/h2-4H,5H2,1H3,(H,13,14). The number of benzene rings is 1. The van der Waals surface area contributed by atoms with Crippen LogP contribution in [0.5, 0.6) is 5.75 Å². The zero-order valence-corrected chi connectivity index (χ0v) is 8.01. The van der Waals surface area contributed by atoms with Crippen LogP contribution in [0.1, 0.15) is 12.5 Å². The van der Waals surface area contributed by atoms with Crippen LogP contribution in [0.2, 0.25) is 0 Å². The molecule has 0 atom stereocenters. The summed E-state index contributed by atoms with van der Waals surface area (Å²) in [5.74, 6) is -2.83. The molecule has 0 saturated carbocycles. The second-order valence-corrected chi connectivity index (χ2v) is 3.44. The molecule has 0 saturated heterocycles. The first kappa shape index (κ1) is 9.89. The maximum absolute atomic E-state index is 13.0. The molecule has 0 aliphatic carbocycles. The molecule has 0 bridgehead atoms. The minimum absolute atomic E-state index is 0.0745. The van der Waals surface area contributed by atoms with Gasteiger partial charge in [-0.1, -0.05) is 0 Å². The van der Waals surface area contributed by atoms with Crippen molar-refractivity contribution in [2.45, 2.75) is 12.8 Å². The van der Waals surface area contributed by atoms with Crippen molar-refractivity contribution in [1.82, 2.24) is 0 Å². The van der Waals surface area contributed by atoms with Gasteiger partial charge in [0, 0.05) is 12.5 Å². The number of alkyl halides is 2. The van der Waals surface area contributed by atoms with E-state index in [1.54, 1.807) is 0 Å². The molecule has 1 heterocycles. The second-order valence-electron chi connectivity index (χ2n) is 3.44. The minimum Gasteiger partial charge on any atom is -0.482 e. The van der Waals surface area contributed by atoms with Gasteiger partial charge in [0.1, 0.15) is 5.75 Å². The first-order valence-electron chi connectivity index (χ1n) is 4.42. The highest BCUT2D eigenvalue weighted by atomic mass is 19.3. The Kier molecular flexibility index (Phi) is 2.10. The summed E-state index contributed by atoms with van der Waals surface area (Å²) in [5, 5.41) is 2.48. The molecular weight excluding hydrogens is 204 g/mol. The van der Waals surface area contributed by atoms with Crippen LogP contribution in [0.4, 0.5) is 14.5 Å². The third-order valence-electron chi connectivity index (χ3n) is 2.12. The molecule has 1 aromatic carbocycles. The maximum atomic E-state index is 13.0. The van der Waals surface area contributed by atoms with E-state index in [2.05, 4.69) is 5.32 Å². The second kappa shape index (κ2) is 3.18. The summed E-state index contributed by atoms with van der Waals surface area (Å²) < 4.78 is 31.0. The molecule has 2 rings (SSSR count). The van der Waals surface area contributed by atoms with Crippen molar-refractivity contribution in [3.8, 4) is 5.75 Å². The van der Waals surface area contributed by atoms with Crippen molar-refractivity contribution in [1.29, 1.82) is 0 Å². The number of amides is 1. The highest BCUT2D eigenvalue weighted by molar-refractivity contribution is 5.95. The predicted octanol–water partition coefficient (Wildman–Crippen LogP) is 2.13. The van der Waals surface area contributed by atoms with E-state index in [1.807, 2.05) is 0 Å². The first-order chi connectivity index (χ1) is 6.97. The van der Waals surface area contributed by atoms with E-state index < -0.39 is 5.92 Å². The average molecular weight is 213 g/mol. The van der Waals surface area contributed by atoms with Gasteiger partial charge in [-0.25, -0.2) is 8.78 Å². The van der Waals surface area contributed by atoms with Crippen LogP contribution in [0, 0.1) is 0 Å². The molecule has 0 spiro atoms. The topological polar surface area (TPSA) is 38.3 Å². The maximum Gasteiger partial charge on any atom is 0.270 e. The molecule has 80 valence electrons. The Balaban J connectivity index is 2.41. The average Bonchev–Trinajstić information content (AvgIpc) is 2.15. The van der Waals surface area contributed by atoms with Crippen molar-refractivity contribution >= 4 is 11.6 Å². The summed E-state index contributed by atoms with van der Waals surface area (Å²) in [4.78, 5) is 11.0. The first-order valence-corrected chi connectivity index (χ1v) is 4.42. The number of fused-ring (bicyclic) bond motifs is 1. The summed E-state index contributed by atoms with van der Waals surface area (Å²) in [5.41, 5.74) is 0.150. The summed E-state index contributed by atoms with van der Waals surface area (Å²) in [6, 6.07) is 3.95. The number of hydrogen-bond acceptors (Lipinski definition) is 2. The summed E-state index contributed by atoms with van der Waals surface area (Å²) >= 11 is 0. The van der Waals surface area contributed by atoms with E-state index in [-0.39, 0.29) is 18.1 Å². The van der Waals surface area contributed by atoms with Crippen molar-refractivity contribution in [3.05, 3.63) is 23.8 Å². The van der Waals surface area contributed by atoms with Gasteiger partial charge in [-0.2, -0.15) is 0 Å². The van der Waals surface area contributed by atoms with Crippen molar-refractivity contribution in [2.75, 3.05) is 11.9 Å². The van der Waals surface area contributed by atoms with Gasteiger partial charge >= 0.3 is 0 Å². The molecule has 0 unspecified atom stereocenters. The zero-order chi connectivity index (χ0) is 11.1. The number of hydrogen-bond donors (Lipinski definition) is 1. The van der Waals surface area contributed by atoms with E-state index in [4.69, 9.17) is 4.74 Å². The third-order valence-corrected chi connectivity index (χ3v) is 2.12. The van der Waals surface area contributed by atoms with E-state index in [0.29, 0.717) is 11.4 Å². The Morgan fingerprint density at radius 3 is 2.87 bits per heavy atom. The molecule has 5 heteroatoms. The largest absolute Gasteiger partial charge is 0.482 e. The lowest BCUT2D eigenvalue weighted by atomic mass is 10.1. The SMILES string of the molecule is CC(F)(F)c1ccc2c(c1)NC(=O)CO2. The van der Waals surface area contributed by atoms with Gasteiger partial charge in [0.05, 0.1) is 5.69 Å². The molecule has 1 amide bonds. The lowest BCUT2D eigenvalue weighted by molar-refractivity contribution is -0.118. The van der Waals surface area contributed by atoms with Gasteiger partial charge in [-0.3, -0.25) is 4.79 Å². The number of carbonyl (C=O) groups excluding carboxylic acids is 1. The van der Waals surface area contributed by atoms with Crippen LogP contribution >= 0.6 is 0 Å². The quantitative estimate of drug-likeness (QED) is 0.776. The fourth-order valence-electron chi connectivity index (χ4n) is 1.36. The Bertz CT molecular complexity index is 412. The molecule has 3 nitrogen and oxygen atoms in total. The third kappa shape index (κ3) is 1.91. The molecular formula is C10H9F2NO2. The monoisotopic (exact) mass is 213 g/mol. The van der Waals surface area contributed by atoms with Crippen molar-refractivity contribution in [2.24, 2.45) is 0 Å². The zero-order valence-electron chi connectivity index (χ0n) is 8.01. The van der Waals surface area contributed by atoms with Gasteiger partial charge in [0.15, 0.2) is 6.61 Å². The number of halogens is 2. The van der Waals surface area contributed by atoms with E-state index >= 15 is 0 Å². The smallest absolute Gasteiger partial charge is 0.270 e. The molecule has 1 N–H and O–H groups in total. The number of anilines is 1. The van der Waals surface area contributed by atoms with E-state index in [0.717, 1.165) is 6.92 Å². The number of ether oxygens (including phenoxy) is 1. The Morgan fingerprint density at radius 2 is 2.20 bits per heavy atom. The summed E-state index contributed by atoms with van der Waals surface area (Å²) in [7, 11) is 0. The summed E-state index contributed by atoms with van der Waals surface area (Å²) in [6.45, 7) is 0.731. The molecule has 15 heavy (non-hydrogen) atoms. The number of rotatable bonds is 1. The van der Waals surface area contributed by atoms with Crippen molar-refractivity contribution in [3.63, 3.8) is 0 Å². The normalized spacial score (nSPS) is 15.3. The van der Waals surface area contributed by atoms with Crippen LogP contribution in [0.25, 0.3) is 0 Å². The fraction of sp³-hybridized carbons (Fsp3) is 0.300. The van der Waals surface area contributed by atoms with E-state index in [9.17, 15) is 13.6 Å². The van der Waals surface area contributed by atoms with Gasteiger partial charge < -0.3 is 10.1 Å². The molecule has 1 aliphatic rings. The predicted molar refractivity (Wildman–Crippen MR) is 50.1 cm³/mol. The highest BCUT2D eigenvalue weighted by Gasteiger charge is 2.26. The van der Waals surface area contributed by atoms with Gasteiger partial charge in [0.2, 0.25) is 0 Å². The highest BCUT2D eigenvalue weighted by Crippen LogP contribution is 2.34. The minimum atomic E-state index is -2.92. The van der Waals surface area contributed by atoms with E-state index in [1.165, 1.54) is 18.2 Å². The number of nitrogens with one attached hydrogen (secondary N) is 1. The molecule has 1 aliphatic heterocycles. The lowest BCUT2D eigenvalue weighted by Crippen LogP contribution is -2.25.